The van der Waals surface area contributed by atoms with Crippen LogP contribution < -0.4 is 30.4 Å². The van der Waals surface area contributed by atoms with Gasteiger partial charge in [-0.3, -0.25) is 30.4 Å². The molecular formula is C53H54N8O8. The Balaban J connectivity index is 0.000000258. The number of nitrogens with two attached hydrogens (primary N) is 2. The molecule has 0 fully saturated rings. The number of nitriles is 1. The van der Waals surface area contributed by atoms with Crippen LogP contribution in [0.4, 0.5) is 5.69 Å². The van der Waals surface area contributed by atoms with Crippen LogP contribution in [0.3, 0.4) is 0 Å². The maximum atomic E-state index is 12.0. The van der Waals surface area contributed by atoms with Crippen LogP contribution in [0.2, 0.25) is 0 Å². The third-order valence-electron chi connectivity index (χ3n) is 10.5. The summed E-state index contributed by atoms with van der Waals surface area (Å²) < 4.78 is 34.1. The summed E-state index contributed by atoms with van der Waals surface area (Å²) in [4.78, 5) is 36.3. The van der Waals surface area contributed by atoms with Crippen LogP contribution >= 0.6 is 0 Å². The summed E-state index contributed by atoms with van der Waals surface area (Å²) in [6.07, 6.45) is 4.66. The van der Waals surface area contributed by atoms with Crippen molar-refractivity contribution in [2.24, 2.45) is 11.5 Å². The van der Waals surface area contributed by atoms with E-state index in [-0.39, 0.29) is 56.3 Å². The molecule has 0 aliphatic heterocycles. The highest BCUT2D eigenvalue weighted by atomic mass is 16.5. The van der Waals surface area contributed by atoms with E-state index in [9.17, 15) is 9.59 Å². The first-order valence-corrected chi connectivity index (χ1v) is 21.8. The summed E-state index contributed by atoms with van der Waals surface area (Å²) in [6, 6.07) is 30.3. The third-order valence-corrected chi connectivity index (χ3v) is 10.5. The van der Waals surface area contributed by atoms with Crippen molar-refractivity contribution < 1.29 is 38.0 Å². The van der Waals surface area contributed by atoms with E-state index < -0.39 is 0 Å². The molecular weight excluding hydrogens is 877 g/mol. The van der Waals surface area contributed by atoms with Crippen LogP contribution in [0.1, 0.15) is 81.2 Å². The van der Waals surface area contributed by atoms with Crippen molar-refractivity contribution in [1.29, 1.82) is 16.1 Å². The SMILES string of the molecule is COC(=O)CCc1c(COc2ccc(C(=N)N)cc2)cnc(C)c1OCc1ccc(C(=N)N)cc1.[C-]#[N+]c1ccc(COc2c(C)ncc(COc3ccc(C#N)cc3)c2CCC(=O)OCC)cc1. The molecule has 6 N–H and O–H groups in total. The Morgan fingerprint density at radius 3 is 1.51 bits per heavy atom. The van der Waals surface area contributed by atoms with Crippen LogP contribution in [0.15, 0.2) is 109 Å². The summed E-state index contributed by atoms with van der Waals surface area (Å²) in [5.74, 6) is 1.83. The van der Waals surface area contributed by atoms with E-state index in [0.717, 1.165) is 33.4 Å². The fourth-order valence-corrected chi connectivity index (χ4v) is 6.76. The molecule has 0 amide bonds. The van der Waals surface area contributed by atoms with Crippen molar-refractivity contribution in [1.82, 2.24) is 9.97 Å². The second kappa shape index (κ2) is 25.8. The lowest BCUT2D eigenvalue weighted by molar-refractivity contribution is -0.143. The van der Waals surface area contributed by atoms with Gasteiger partial charge in [0.1, 0.15) is 61.1 Å². The minimum absolute atomic E-state index is 0.00578. The number of nitrogens with one attached hydrogen (secondary N) is 2. The van der Waals surface area contributed by atoms with E-state index in [1.807, 2.05) is 38.1 Å². The van der Waals surface area contributed by atoms with Crippen LogP contribution in [0.25, 0.3) is 4.85 Å². The first kappa shape index (κ1) is 51.2. The largest absolute Gasteiger partial charge is 0.489 e. The summed E-state index contributed by atoms with van der Waals surface area (Å²) >= 11 is 0. The molecule has 0 aliphatic rings. The van der Waals surface area contributed by atoms with E-state index in [1.54, 1.807) is 92.1 Å². The van der Waals surface area contributed by atoms with Crippen LogP contribution in [-0.4, -0.2) is 47.3 Å². The molecule has 6 aromatic rings. The van der Waals surface area contributed by atoms with Gasteiger partial charge in [-0.05, 0) is 93.3 Å². The minimum atomic E-state index is -0.322. The molecule has 69 heavy (non-hydrogen) atoms. The number of methoxy groups -OCH3 is 1. The number of hydrogen-bond acceptors (Lipinski definition) is 13. The van der Waals surface area contributed by atoms with Crippen LogP contribution in [0, 0.1) is 42.6 Å². The monoisotopic (exact) mass is 930 g/mol. The molecule has 4 aromatic carbocycles. The Hall–Kier alpha value is -8.76. The zero-order valence-corrected chi connectivity index (χ0v) is 39.0. The molecule has 0 aliphatic carbocycles. The average Bonchev–Trinajstić information content (AvgIpc) is 3.36. The van der Waals surface area contributed by atoms with E-state index in [0.29, 0.717) is 82.8 Å². The maximum absolute atomic E-state index is 12.0. The first-order valence-electron chi connectivity index (χ1n) is 21.8. The van der Waals surface area contributed by atoms with E-state index in [4.69, 9.17) is 62.5 Å². The van der Waals surface area contributed by atoms with E-state index in [1.165, 1.54) is 7.11 Å². The molecule has 2 aromatic heterocycles. The Bertz CT molecular complexity index is 2800. The highest BCUT2D eigenvalue weighted by Crippen LogP contribution is 2.31. The molecule has 16 heteroatoms. The van der Waals surface area contributed by atoms with Gasteiger partial charge in [-0.2, -0.15) is 5.26 Å². The van der Waals surface area contributed by atoms with Gasteiger partial charge in [0.2, 0.25) is 0 Å². The molecule has 2 heterocycles. The van der Waals surface area contributed by atoms with Gasteiger partial charge in [0, 0.05) is 58.6 Å². The van der Waals surface area contributed by atoms with Gasteiger partial charge in [-0.15, -0.1) is 0 Å². The molecule has 0 radical (unpaired) electrons. The Morgan fingerprint density at radius 2 is 1.09 bits per heavy atom. The zero-order valence-electron chi connectivity index (χ0n) is 39.0. The van der Waals surface area contributed by atoms with E-state index >= 15 is 0 Å². The van der Waals surface area contributed by atoms with Gasteiger partial charge >= 0.3 is 11.9 Å². The fraction of sp³-hybridized carbons (Fsp3) is 0.245. The van der Waals surface area contributed by atoms with Crippen LogP contribution in [0.5, 0.6) is 23.0 Å². The second-order valence-electron chi connectivity index (χ2n) is 15.4. The van der Waals surface area contributed by atoms with Gasteiger partial charge in [-0.25, -0.2) is 4.85 Å². The number of ether oxygens (including phenoxy) is 6. The lowest BCUT2D eigenvalue weighted by atomic mass is 10.0. The number of amidine groups is 2. The van der Waals surface area contributed by atoms with Crippen molar-refractivity contribution in [3.8, 4) is 29.1 Å². The van der Waals surface area contributed by atoms with Crippen LogP contribution in [-0.2, 0) is 58.3 Å². The average molecular weight is 931 g/mol. The highest BCUT2D eigenvalue weighted by Gasteiger charge is 2.19. The predicted molar refractivity (Wildman–Crippen MR) is 259 cm³/mol. The molecule has 0 bridgehead atoms. The molecule has 0 unspecified atom stereocenters. The lowest BCUT2D eigenvalue weighted by Crippen LogP contribution is -2.12. The molecule has 0 spiro atoms. The van der Waals surface area contributed by atoms with Gasteiger partial charge in [0.25, 0.3) is 0 Å². The van der Waals surface area contributed by atoms with Gasteiger partial charge < -0.3 is 39.9 Å². The number of rotatable bonds is 21. The van der Waals surface area contributed by atoms with Crippen molar-refractivity contribution in [2.75, 3.05) is 13.7 Å². The number of hydrogen-bond donors (Lipinski definition) is 4. The van der Waals surface area contributed by atoms with Crippen molar-refractivity contribution in [3.05, 3.63) is 182 Å². The summed E-state index contributed by atoms with van der Waals surface area (Å²) in [7, 11) is 1.36. The molecule has 0 atom stereocenters. The number of nitrogens with zero attached hydrogens (tertiary/aromatic N) is 4. The smallest absolute Gasteiger partial charge is 0.306 e. The summed E-state index contributed by atoms with van der Waals surface area (Å²) in [5, 5.41) is 24.0. The fourth-order valence-electron chi connectivity index (χ4n) is 6.76. The first-order chi connectivity index (χ1) is 33.3. The van der Waals surface area contributed by atoms with Crippen molar-refractivity contribution in [3.63, 3.8) is 0 Å². The number of aromatic nitrogens is 2. The Kier molecular flexibility index (Phi) is 19.2. The van der Waals surface area contributed by atoms with Gasteiger partial charge in [0.15, 0.2) is 5.69 Å². The summed E-state index contributed by atoms with van der Waals surface area (Å²) in [5.41, 5.74) is 19.9. The van der Waals surface area contributed by atoms with Crippen molar-refractivity contribution in [2.45, 2.75) is 72.9 Å². The molecule has 0 saturated carbocycles. The number of nitrogen functional groups attached to an aromatic ring is 2. The van der Waals surface area contributed by atoms with E-state index in [2.05, 4.69) is 20.9 Å². The summed E-state index contributed by atoms with van der Waals surface area (Å²) in [6.45, 7) is 13.9. The molecule has 354 valence electrons. The lowest BCUT2D eigenvalue weighted by Gasteiger charge is -2.18. The maximum Gasteiger partial charge on any atom is 0.306 e. The number of pyridine rings is 2. The van der Waals surface area contributed by atoms with Gasteiger partial charge in [0.05, 0.1) is 43.3 Å². The Labute approximate surface area is 401 Å². The molecule has 6 rings (SSSR count). The number of carbonyl (C=O) groups excluding carboxylic acids is 2. The standard InChI is InChI=1S/C27H25N3O4.C26H29N5O4/c1-4-32-26(31)14-13-25-22(18-33-24-11-7-20(15-28)8-12-24)16-30-19(2)27(25)34-17-21-5-9-23(29-3)10-6-21;1-16-24(35-14-17-3-5-18(6-4-17)25(27)28)22(11-12-23(32)33-2)20(13-31-16)15-34-21-9-7-19(8-10-21)26(29)30/h5-12,16H,4,13-14,17-18H2,1-2H3;3-10,13H,11-12,14-15H2,1-2H3,(H3,27,28)(H3,29,30). The number of esters is 2. The zero-order chi connectivity index (χ0) is 49.7. The third kappa shape index (κ3) is 15.4. The normalized spacial score (nSPS) is 10.3. The van der Waals surface area contributed by atoms with Gasteiger partial charge in [-0.1, -0.05) is 48.5 Å². The quantitative estimate of drug-likeness (QED) is 0.0229. The number of aryl methyl sites for hydroxylation is 2. The second-order valence-corrected chi connectivity index (χ2v) is 15.4. The number of benzene rings is 4. The minimum Gasteiger partial charge on any atom is -0.489 e. The number of carbonyl (C=O) groups is 2. The predicted octanol–water partition coefficient (Wildman–Crippen LogP) is 8.69. The van der Waals surface area contributed by atoms with Crippen molar-refractivity contribution >= 4 is 29.3 Å². The molecule has 0 saturated heterocycles. The Morgan fingerprint density at radius 1 is 0.652 bits per heavy atom. The highest BCUT2D eigenvalue weighted by molar-refractivity contribution is 5.95. The molecule has 16 nitrogen and oxygen atoms in total. The topological polar surface area (TPSA) is 243 Å².